The first-order valence-corrected chi connectivity index (χ1v) is 11.4. The summed E-state index contributed by atoms with van der Waals surface area (Å²) in [6, 6.07) is 20.8. The highest BCUT2D eigenvalue weighted by atomic mass is 35.5. The van der Waals surface area contributed by atoms with Crippen molar-refractivity contribution in [3.8, 4) is 0 Å². The Morgan fingerprint density at radius 1 is 0.931 bits per heavy atom. The Morgan fingerprint density at radius 3 is 2.45 bits per heavy atom. The molecule has 148 valence electrons. The lowest BCUT2D eigenvalue weighted by Gasteiger charge is -2.10. The molecule has 0 bridgehead atoms. The van der Waals surface area contributed by atoms with Crippen LogP contribution in [0.3, 0.4) is 0 Å². The Bertz CT molecular complexity index is 1300. The second kappa shape index (κ2) is 7.65. The van der Waals surface area contributed by atoms with Crippen molar-refractivity contribution in [2.45, 2.75) is 31.0 Å². The van der Waals surface area contributed by atoms with Gasteiger partial charge >= 0.3 is 0 Å². The summed E-state index contributed by atoms with van der Waals surface area (Å²) in [4.78, 5) is 4.90. The molecule has 4 rings (SSSR count). The van der Waals surface area contributed by atoms with E-state index in [-0.39, 0.29) is 10.6 Å². The molecule has 0 aliphatic carbocycles. The Balaban J connectivity index is 1.72. The van der Waals surface area contributed by atoms with Crippen molar-refractivity contribution in [3.63, 3.8) is 0 Å². The van der Waals surface area contributed by atoms with E-state index < -0.39 is 9.84 Å². The zero-order valence-corrected chi connectivity index (χ0v) is 17.8. The number of benzene rings is 3. The second-order valence-electron chi connectivity index (χ2n) is 7.18. The van der Waals surface area contributed by atoms with Crippen molar-refractivity contribution in [3.05, 3.63) is 94.3 Å². The molecule has 0 aliphatic heterocycles. The smallest absolute Gasteiger partial charge is 0.182 e. The molecule has 0 saturated heterocycles. The Kier molecular flexibility index (Phi) is 5.19. The molecule has 0 unspecified atom stereocenters. The summed E-state index contributed by atoms with van der Waals surface area (Å²) in [5.74, 6) is 0.814. The summed E-state index contributed by atoms with van der Waals surface area (Å²) in [7, 11) is -3.51. The monoisotopic (exact) mass is 424 g/mol. The summed E-state index contributed by atoms with van der Waals surface area (Å²) in [5.41, 5.74) is 4.27. The van der Waals surface area contributed by atoms with E-state index in [1.54, 1.807) is 25.1 Å². The molecule has 0 atom stereocenters. The number of hydrogen-bond acceptors (Lipinski definition) is 3. The molecular formula is C23H21ClN2O2S. The molecule has 0 aliphatic rings. The maximum absolute atomic E-state index is 13.0. The van der Waals surface area contributed by atoms with E-state index in [2.05, 4.69) is 21.7 Å². The molecular weight excluding hydrogens is 404 g/mol. The molecule has 4 nitrogen and oxygen atoms in total. The first kappa shape index (κ1) is 19.7. The van der Waals surface area contributed by atoms with Gasteiger partial charge in [0.25, 0.3) is 0 Å². The van der Waals surface area contributed by atoms with Crippen LogP contribution in [0.1, 0.15) is 22.5 Å². The molecule has 29 heavy (non-hydrogen) atoms. The molecule has 1 aromatic heterocycles. The topological polar surface area (TPSA) is 52.0 Å². The van der Waals surface area contributed by atoms with E-state index >= 15 is 0 Å². The van der Waals surface area contributed by atoms with Gasteiger partial charge in [0.05, 0.1) is 21.7 Å². The van der Waals surface area contributed by atoms with Gasteiger partial charge in [-0.15, -0.1) is 0 Å². The van der Waals surface area contributed by atoms with E-state index in [1.807, 2.05) is 43.3 Å². The summed E-state index contributed by atoms with van der Waals surface area (Å²) in [6.07, 6.45) is 0. The molecule has 0 amide bonds. The highest BCUT2D eigenvalue weighted by molar-refractivity contribution is 7.90. The van der Waals surface area contributed by atoms with Crippen LogP contribution in [0.5, 0.6) is 0 Å². The van der Waals surface area contributed by atoms with Gasteiger partial charge in [-0.2, -0.15) is 0 Å². The quantitative estimate of drug-likeness (QED) is 0.435. The average Bonchev–Trinajstić information content (AvgIpc) is 2.99. The van der Waals surface area contributed by atoms with Crippen LogP contribution in [0.4, 0.5) is 0 Å². The number of hydrogen-bond donors (Lipinski definition) is 0. The third-order valence-corrected chi connectivity index (χ3v) is 7.33. The van der Waals surface area contributed by atoms with Crippen molar-refractivity contribution in [2.24, 2.45) is 0 Å². The first-order chi connectivity index (χ1) is 13.8. The first-order valence-electron chi connectivity index (χ1n) is 9.33. The van der Waals surface area contributed by atoms with Crippen LogP contribution in [0.25, 0.3) is 11.0 Å². The lowest BCUT2D eigenvalue weighted by Crippen LogP contribution is -2.07. The SMILES string of the molecule is Cc1c(Cl)cccc1S(=O)(=O)Cc1ccc2nc(C)n(Cc3ccccc3)c2c1. The molecule has 1 heterocycles. The Labute approximate surface area is 175 Å². The minimum absolute atomic E-state index is 0.0836. The normalized spacial score (nSPS) is 11.8. The minimum Gasteiger partial charge on any atom is -0.324 e. The lowest BCUT2D eigenvalue weighted by molar-refractivity contribution is 0.594. The number of aryl methyl sites for hydroxylation is 1. The molecule has 4 aromatic rings. The third-order valence-electron chi connectivity index (χ3n) is 5.10. The van der Waals surface area contributed by atoms with Crippen molar-refractivity contribution in [1.29, 1.82) is 0 Å². The van der Waals surface area contributed by atoms with Gasteiger partial charge in [0.1, 0.15) is 5.82 Å². The zero-order chi connectivity index (χ0) is 20.6. The van der Waals surface area contributed by atoms with Gasteiger partial charge in [0, 0.05) is 11.6 Å². The molecule has 0 spiro atoms. The van der Waals surface area contributed by atoms with E-state index in [1.165, 1.54) is 5.56 Å². The summed E-state index contributed by atoms with van der Waals surface area (Å²) in [5, 5.41) is 0.457. The van der Waals surface area contributed by atoms with Crippen molar-refractivity contribution in [1.82, 2.24) is 9.55 Å². The molecule has 0 saturated carbocycles. The van der Waals surface area contributed by atoms with E-state index in [4.69, 9.17) is 11.6 Å². The third kappa shape index (κ3) is 3.93. The standard InChI is InChI=1S/C23H21ClN2O2S/c1-16-20(24)9-6-10-23(16)29(27,28)15-19-11-12-21-22(13-19)26(17(2)25-21)14-18-7-4-3-5-8-18/h3-13H,14-15H2,1-2H3. The number of imidazole rings is 1. The van der Waals surface area contributed by atoms with Crippen LogP contribution in [0.15, 0.2) is 71.6 Å². The van der Waals surface area contributed by atoms with Gasteiger partial charge in [-0.05, 0) is 54.8 Å². The molecule has 0 fully saturated rings. The van der Waals surface area contributed by atoms with Crippen molar-refractivity contribution < 1.29 is 8.42 Å². The Hall–Kier alpha value is -2.63. The largest absolute Gasteiger partial charge is 0.324 e. The summed E-state index contributed by atoms with van der Waals surface area (Å²) in [6.45, 7) is 4.39. The predicted octanol–water partition coefficient (Wildman–Crippen LogP) is 5.33. The van der Waals surface area contributed by atoms with Gasteiger partial charge in [0.2, 0.25) is 0 Å². The summed E-state index contributed by atoms with van der Waals surface area (Å²) >= 11 is 6.13. The van der Waals surface area contributed by atoms with Crippen LogP contribution in [-0.4, -0.2) is 18.0 Å². The maximum Gasteiger partial charge on any atom is 0.182 e. The molecule has 6 heteroatoms. The number of sulfone groups is 1. The van der Waals surface area contributed by atoms with Crippen LogP contribution in [-0.2, 0) is 22.1 Å². The second-order valence-corrected chi connectivity index (χ2v) is 9.54. The van der Waals surface area contributed by atoms with Gasteiger partial charge < -0.3 is 4.57 Å². The van der Waals surface area contributed by atoms with E-state index in [0.717, 1.165) is 22.4 Å². The molecule has 3 aromatic carbocycles. The van der Waals surface area contributed by atoms with Gasteiger partial charge in [-0.1, -0.05) is 54.1 Å². The number of halogens is 1. The van der Waals surface area contributed by atoms with Crippen LogP contribution < -0.4 is 0 Å². The van der Waals surface area contributed by atoms with Gasteiger partial charge in [-0.25, -0.2) is 13.4 Å². The fourth-order valence-corrected chi connectivity index (χ4v) is 5.43. The maximum atomic E-state index is 13.0. The Morgan fingerprint density at radius 2 is 1.69 bits per heavy atom. The number of rotatable bonds is 5. The molecule has 0 radical (unpaired) electrons. The van der Waals surface area contributed by atoms with Gasteiger partial charge in [-0.3, -0.25) is 0 Å². The van der Waals surface area contributed by atoms with Crippen molar-refractivity contribution in [2.75, 3.05) is 0 Å². The highest BCUT2D eigenvalue weighted by Gasteiger charge is 2.20. The fourth-order valence-electron chi connectivity index (χ4n) is 3.57. The van der Waals surface area contributed by atoms with Crippen LogP contribution in [0.2, 0.25) is 5.02 Å². The highest BCUT2D eigenvalue weighted by Crippen LogP contribution is 2.27. The van der Waals surface area contributed by atoms with Crippen LogP contribution >= 0.6 is 11.6 Å². The lowest BCUT2D eigenvalue weighted by atomic mass is 10.2. The molecule has 0 N–H and O–H groups in total. The number of fused-ring (bicyclic) bond motifs is 1. The van der Waals surface area contributed by atoms with Crippen LogP contribution in [0, 0.1) is 13.8 Å². The predicted molar refractivity (Wildman–Crippen MR) is 117 cm³/mol. The van der Waals surface area contributed by atoms with E-state index in [9.17, 15) is 8.42 Å². The zero-order valence-electron chi connectivity index (χ0n) is 16.3. The van der Waals surface area contributed by atoms with E-state index in [0.29, 0.717) is 17.1 Å². The number of nitrogens with zero attached hydrogens (tertiary/aromatic N) is 2. The number of aromatic nitrogens is 2. The minimum atomic E-state index is -3.51. The average molecular weight is 425 g/mol. The van der Waals surface area contributed by atoms with Crippen molar-refractivity contribution >= 4 is 32.5 Å². The van der Waals surface area contributed by atoms with Gasteiger partial charge in [0.15, 0.2) is 9.84 Å². The fraction of sp³-hybridized carbons (Fsp3) is 0.174. The summed E-state index contributed by atoms with van der Waals surface area (Å²) < 4.78 is 28.1.